The highest BCUT2D eigenvalue weighted by Crippen LogP contribution is 2.46. The zero-order valence-corrected chi connectivity index (χ0v) is 19.7. The number of carbonyl (C=O) groups excluding carboxylic acids is 2. The fourth-order valence-electron chi connectivity index (χ4n) is 4.13. The highest BCUT2D eigenvalue weighted by atomic mass is 35.5. The predicted molar refractivity (Wildman–Crippen MR) is 129 cm³/mol. The van der Waals surface area contributed by atoms with Crippen LogP contribution >= 0.6 is 23.4 Å². The number of fused-ring (bicyclic) bond motifs is 1. The number of halogens is 2. The molecule has 2 atom stereocenters. The van der Waals surface area contributed by atoms with E-state index in [0.717, 1.165) is 11.1 Å². The minimum Gasteiger partial charge on any atom is -0.496 e. The van der Waals surface area contributed by atoms with Crippen LogP contribution in [0.25, 0.3) is 0 Å². The van der Waals surface area contributed by atoms with Crippen molar-refractivity contribution in [2.24, 2.45) is 0 Å². The maximum atomic E-state index is 13.3. The Morgan fingerprint density at radius 3 is 2.50 bits per heavy atom. The third-order valence-corrected chi connectivity index (χ3v) is 7.38. The number of benzene rings is 3. The van der Waals surface area contributed by atoms with Crippen molar-refractivity contribution >= 4 is 41.0 Å². The van der Waals surface area contributed by atoms with Crippen LogP contribution in [0.2, 0.25) is 5.02 Å². The average Bonchev–Trinajstić information content (AvgIpc) is 3.39. The summed E-state index contributed by atoms with van der Waals surface area (Å²) in [6.07, 6.45) is 0. The number of nitrogens with zero attached hydrogens (tertiary/aromatic N) is 2. The summed E-state index contributed by atoms with van der Waals surface area (Å²) in [4.78, 5) is 29.2. The predicted octanol–water partition coefficient (Wildman–Crippen LogP) is 5.65. The van der Waals surface area contributed by atoms with Crippen LogP contribution in [0.15, 0.2) is 66.7 Å². The van der Waals surface area contributed by atoms with Gasteiger partial charge in [0.2, 0.25) is 0 Å². The van der Waals surface area contributed by atoms with Gasteiger partial charge in [0.15, 0.2) is 0 Å². The summed E-state index contributed by atoms with van der Waals surface area (Å²) < 4.78 is 24.5. The molecule has 0 saturated carbocycles. The molecule has 0 aliphatic carbocycles. The fraction of sp³-hybridized carbons (Fsp3) is 0.200. The van der Waals surface area contributed by atoms with Gasteiger partial charge >= 0.3 is 6.03 Å². The van der Waals surface area contributed by atoms with E-state index in [-0.39, 0.29) is 29.7 Å². The number of rotatable bonds is 6. The van der Waals surface area contributed by atoms with E-state index in [1.54, 1.807) is 60.2 Å². The Balaban J connectivity index is 1.40. The van der Waals surface area contributed by atoms with Crippen molar-refractivity contribution in [3.63, 3.8) is 0 Å². The summed E-state index contributed by atoms with van der Waals surface area (Å²) in [5.41, 5.74) is 2.15. The van der Waals surface area contributed by atoms with Crippen LogP contribution in [-0.2, 0) is 11.4 Å². The molecule has 3 amide bonds. The maximum Gasteiger partial charge on any atom is 0.333 e. The van der Waals surface area contributed by atoms with Crippen LogP contribution < -0.4 is 14.4 Å². The number of methoxy groups -OCH3 is 1. The largest absolute Gasteiger partial charge is 0.496 e. The Bertz CT molecular complexity index is 1240. The van der Waals surface area contributed by atoms with Crippen molar-refractivity contribution in [1.82, 2.24) is 4.90 Å². The number of carbonyl (C=O) groups is 2. The number of hydrogen-bond acceptors (Lipinski definition) is 5. The van der Waals surface area contributed by atoms with Gasteiger partial charge in [0.05, 0.1) is 12.8 Å². The lowest BCUT2D eigenvalue weighted by Gasteiger charge is -2.24. The smallest absolute Gasteiger partial charge is 0.333 e. The van der Waals surface area contributed by atoms with E-state index in [2.05, 4.69) is 0 Å². The standard InChI is InChI=1S/C25H20ClFN2O4S/c1-32-22-11-2-15(12-16(22)13-33-20-9-5-18(27)6-10-20)24-29-21(14-34-24)23(30)28(25(29)31)19-7-3-17(26)4-8-19/h2-12,21,24H,13-14H2,1H3/t21-,24+/m1/s1. The molecule has 0 aromatic heterocycles. The average molecular weight is 499 g/mol. The van der Waals surface area contributed by atoms with Gasteiger partial charge < -0.3 is 9.47 Å². The van der Waals surface area contributed by atoms with Crippen molar-refractivity contribution in [2.75, 3.05) is 17.8 Å². The molecule has 2 fully saturated rings. The number of urea groups is 1. The second-order valence-electron chi connectivity index (χ2n) is 7.86. The van der Waals surface area contributed by atoms with Crippen LogP contribution in [0, 0.1) is 5.82 Å². The molecule has 6 nitrogen and oxygen atoms in total. The summed E-state index contributed by atoms with van der Waals surface area (Å²) in [6.45, 7) is 0.202. The number of thioether (sulfide) groups is 1. The molecule has 2 aliphatic rings. The lowest BCUT2D eigenvalue weighted by molar-refractivity contribution is -0.119. The minimum absolute atomic E-state index is 0.202. The molecule has 174 valence electrons. The zero-order chi connectivity index (χ0) is 23.8. The van der Waals surface area contributed by atoms with E-state index in [1.807, 2.05) is 18.2 Å². The van der Waals surface area contributed by atoms with Crippen LogP contribution in [-0.4, -0.2) is 35.7 Å². The van der Waals surface area contributed by atoms with E-state index in [0.29, 0.717) is 28.0 Å². The second-order valence-corrected chi connectivity index (χ2v) is 9.40. The van der Waals surface area contributed by atoms with E-state index in [1.165, 1.54) is 17.0 Å². The molecular weight excluding hydrogens is 479 g/mol. The molecule has 0 unspecified atom stereocenters. The van der Waals surface area contributed by atoms with Crippen molar-refractivity contribution in [3.8, 4) is 11.5 Å². The summed E-state index contributed by atoms with van der Waals surface area (Å²) >= 11 is 7.51. The Morgan fingerprint density at radius 1 is 1.06 bits per heavy atom. The quantitative estimate of drug-likeness (QED) is 0.411. The molecule has 2 saturated heterocycles. The van der Waals surface area contributed by atoms with E-state index < -0.39 is 6.04 Å². The van der Waals surface area contributed by atoms with Crippen molar-refractivity contribution in [3.05, 3.63) is 88.7 Å². The van der Waals surface area contributed by atoms with Gasteiger partial charge in [-0.05, 0) is 66.2 Å². The molecule has 0 spiro atoms. The van der Waals surface area contributed by atoms with Crippen LogP contribution in [0.5, 0.6) is 11.5 Å². The van der Waals surface area contributed by atoms with Gasteiger partial charge in [0.1, 0.15) is 35.3 Å². The lowest BCUT2D eigenvalue weighted by atomic mass is 10.1. The molecule has 2 heterocycles. The highest BCUT2D eigenvalue weighted by Gasteiger charge is 2.53. The van der Waals surface area contributed by atoms with Crippen LogP contribution in [0.1, 0.15) is 16.5 Å². The topological polar surface area (TPSA) is 59.1 Å². The zero-order valence-electron chi connectivity index (χ0n) is 18.1. The first kappa shape index (κ1) is 22.6. The van der Waals surface area contributed by atoms with E-state index in [4.69, 9.17) is 21.1 Å². The summed E-state index contributed by atoms with van der Waals surface area (Å²) in [5.74, 6) is 1.10. The maximum absolute atomic E-state index is 13.3. The number of ether oxygens (including phenoxy) is 2. The molecular formula is C25H20ClFN2O4S. The molecule has 3 aromatic carbocycles. The van der Waals surface area contributed by atoms with E-state index >= 15 is 0 Å². The first-order valence-electron chi connectivity index (χ1n) is 10.5. The van der Waals surface area contributed by atoms with Gasteiger partial charge in [-0.3, -0.25) is 9.69 Å². The summed E-state index contributed by atoms with van der Waals surface area (Å²) in [7, 11) is 1.57. The van der Waals surface area contributed by atoms with Gasteiger partial charge in [-0.1, -0.05) is 17.7 Å². The summed E-state index contributed by atoms with van der Waals surface area (Å²) in [5, 5.41) is 0.208. The highest BCUT2D eigenvalue weighted by molar-refractivity contribution is 7.99. The molecule has 5 rings (SSSR count). The normalized spacial score (nSPS) is 19.5. The number of hydrogen-bond donors (Lipinski definition) is 0. The Kier molecular flexibility index (Phi) is 6.10. The minimum atomic E-state index is -0.529. The van der Waals surface area contributed by atoms with Crippen LogP contribution in [0.4, 0.5) is 14.9 Å². The SMILES string of the molecule is COc1ccc([C@@H]2SC[C@@H]3C(=O)N(c4ccc(Cl)cc4)C(=O)N32)cc1COc1ccc(F)cc1. The third-order valence-electron chi connectivity index (χ3n) is 5.80. The first-order chi connectivity index (χ1) is 16.5. The Labute approximate surface area is 205 Å². The molecule has 9 heteroatoms. The first-order valence-corrected chi connectivity index (χ1v) is 12.0. The lowest BCUT2D eigenvalue weighted by Crippen LogP contribution is -2.33. The monoisotopic (exact) mass is 498 g/mol. The molecule has 2 aliphatic heterocycles. The van der Waals surface area contributed by atoms with E-state index in [9.17, 15) is 14.0 Å². The number of amides is 3. The van der Waals surface area contributed by atoms with Crippen molar-refractivity contribution < 1.29 is 23.5 Å². The molecule has 0 N–H and O–H groups in total. The van der Waals surface area contributed by atoms with Gasteiger partial charge in [-0.2, -0.15) is 0 Å². The van der Waals surface area contributed by atoms with Gasteiger partial charge in [0.25, 0.3) is 5.91 Å². The molecule has 34 heavy (non-hydrogen) atoms. The Morgan fingerprint density at radius 2 is 1.79 bits per heavy atom. The molecule has 0 radical (unpaired) electrons. The fourth-order valence-corrected chi connectivity index (χ4v) is 5.66. The van der Waals surface area contributed by atoms with Crippen molar-refractivity contribution in [1.29, 1.82) is 0 Å². The number of imide groups is 1. The number of anilines is 1. The molecule has 3 aromatic rings. The van der Waals surface area contributed by atoms with Crippen molar-refractivity contribution in [2.45, 2.75) is 18.0 Å². The third kappa shape index (κ3) is 4.08. The van der Waals surface area contributed by atoms with Gasteiger partial charge in [-0.25, -0.2) is 14.1 Å². The van der Waals surface area contributed by atoms with Gasteiger partial charge in [-0.15, -0.1) is 11.8 Å². The summed E-state index contributed by atoms with van der Waals surface area (Å²) in [6, 6.07) is 17.2. The second kappa shape index (κ2) is 9.19. The van der Waals surface area contributed by atoms with Crippen LogP contribution in [0.3, 0.4) is 0 Å². The Hall–Kier alpha value is -3.23. The van der Waals surface area contributed by atoms with Gasteiger partial charge in [0, 0.05) is 16.3 Å². The molecule has 0 bridgehead atoms.